The Morgan fingerprint density at radius 2 is 1.91 bits per heavy atom. The highest BCUT2D eigenvalue weighted by atomic mass is 16.4. The summed E-state index contributed by atoms with van der Waals surface area (Å²) in [4.78, 5) is 61.0. The lowest BCUT2D eigenvalue weighted by Gasteiger charge is -2.31. The first-order valence-corrected chi connectivity index (χ1v) is 6.31. The standard InChI is InChI=1S/C12H15N3O7/c1-5(2)15-10(19)6(9(18)14-12(15)22)4-13-7(11(20)21)3-8(16)17/h4-7H,3H2,1-2H3,(H,16,17)(H,20,21)(H,14,18,22)/t6-,7-/m0/s1. The topological polar surface area (TPSA) is 153 Å². The smallest absolute Gasteiger partial charge is 0.331 e. The van der Waals surface area contributed by atoms with E-state index in [-0.39, 0.29) is 0 Å². The summed E-state index contributed by atoms with van der Waals surface area (Å²) in [5.74, 6) is -6.14. The summed E-state index contributed by atoms with van der Waals surface area (Å²) < 4.78 is 0. The lowest BCUT2D eigenvalue weighted by molar-refractivity contribution is -0.144. The molecule has 0 spiro atoms. The molecule has 3 N–H and O–H groups in total. The van der Waals surface area contributed by atoms with Gasteiger partial charge in [0, 0.05) is 12.3 Å². The Hall–Kier alpha value is -2.78. The Morgan fingerprint density at radius 1 is 1.32 bits per heavy atom. The maximum Gasteiger partial charge on any atom is 0.331 e. The van der Waals surface area contributed by atoms with Crippen LogP contribution in [-0.2, 0) is 19.2 Å². The number of aliphatic carboxylic acids is 2. The van der Waals surface area contributed by atoms with E-state index in [0.29, 0.717) is 0 Å². The van der Waals surface area contributed by atoms with Crippen LogP contribution >= 0.6 is 0 Å². The number of carbonyl (C=O) groups is 5. The number of barbiturate groups is 1. The lowest BCUT2D eigenvalue weighted by Crippen LogP contribution is -2.60. The van der Waals surface area contributed by atoms with Gasteiger partial charge in [0.15, 0.2) is 12.0 Å². The molecule has 1 fully saturated rings. The van der Waals surface area contributed by atoms with E-state index in [0.717, 1.165) is 11.1 Å². The maximum atomic E-state index is 12.1. The van der Waals surface area contributed by atoms with Crippen LogP contribution in [0.1, 0.15) is 20.3 Å². The molecule has 4 amide bonds. The van der Waals surface area contributed by atoms with Crippen molar-refractivity contribution >= 4 is 36.0 Å². The molecule has 1 heterocycles. The van der Waals surface area contributed by atoms with E-state index in [9.17, 15) is 24.0 Å². The van der Waals surface area contributed by atoms with Crippen LogP contribution in [0.4, 0.5) is 4.79 Å². The molecule has 1 saturated heterocycles. The largest absolute Gasteiger partial charge is 0.481 e. The molecule has 10 heteroatoms. The molecule has 0 bridgehead atoms. The number of urea groups is 1. The number of hydrogen-bond donors (Lipinski definition) is 3. The van der Waals surface area contributed by atoms with Crippen molar-refractivity contribution in [2.45, 2.75) is 32.4 Å². The van der Waals surface area contributed by atoms with Crippen molar-refractivity contribution in [2.24, 2.45) is 10.9 Å². The molecule has 0 saturated carbocycles. The number of nitrogens with zero attached hydrogens (tertiary/aromatic N) is 2. The van der Waals surface area contributed by atoms with Crippen LogP contribution in [0.15, 0.2) is 4.99 Å². The molecule has 2 atom stereocenters. The highest BCUT2D eigenvalue weighted by Crippen LogP contribution is 2.13. The molecule has 120 valence electrons. The molecular weight excluding hydrogens is 298 g/mol. The van der Waals surface area contributed by atoms with Crippen LogP contribution < -0.4 is 5.32 Å². The number of carboxylic acid groups (broad SMARTS) is 2. The molecule has 0 radical (unpaired) electrons. The van der Waals surface area contributed by atoms with Gasteiger partial charge in [-0.2, -0.15) is 0 Å². The lowest BCUT2D eigenvalue weighted by atomic mass is 10.1. The summed E-state index contributed by atoms with van der Waals surface area (Å²) in [5, 5.41) is 19.4. The van der Waals surface area contributed by atoms with Crippen LogP contribution in [0, 0.1) is 5.92 Å². The molecule has 0 unspecified atom stereocenters. The zero-order valence-electron chi connectivity index (χ0n) is 11.8. The number of imide groups is 2. The molecule has 22 heavy (non-hydrogen) atoms. The third kappa shape index (κ3) is 3.87. The van der Waals surface area contributed by atoms with E-state index in [1.165, 1.54) is 0 Å². The molecule has 0 aliphatic carbocycles. The first-order chi connectivity index (χ1) is 10.1. The number of nitrogens with one attached hydrogen (secondary N) is 1. The fourth-order valence-electron chi connectivity index (χ4n) is 1.79. The molecule has 1 aliphatic heterocycles. The van der Waals surface area contributed by atoms with Crippen molar-refractivity contribution < 1.29 is 34.2 Å². The number of carbonyl (C=O) groups excluding carboxylic acids is 3. The number of aliphatic imine (C=N–C) groups is 1. The number of carboxylic acids is 2. The van der Waals surface area contributed by atoms with E-state index >= 15 is 0 Å². The maximum absolute atomic E-state index is 12.1. The van der Waals surface area contributed by atoms with Crippen LogP contribution in [0.2, 0.25) is 0 Å². The van der Waals surface area contributed by atoms with Crippen LogP contribution in [-0.4, -0.2) is 63.2 Å². The van der Waals surface area contributed by atoms with Crippen molar-refractivity contribution in [3.05, 3.63) is 0 Å². The Morgan fingerprint density at radius 3 is 2.36 bits per heavy atom. The Kier molecular flexibility index (Phi) is 5.33. The first-order valence-electron chi connectivity index (χ1n) is 6.31. The van der Waals surface area contributed by atoms with Gasteiger partial charge in [-0.1, -0.05) is 0 Å². The van der Waals surface area contributed by atoms with Gasteiger partial charge >= 0.3 is 18.0 Å². The average Bonchev–Trinajstić information content (AvgIpc) is 2.35. The van der Waals surface area contributed by atoms with Crippen molar-refractivity contribution in [3.8, 4) is 0 Å². The molecule has 0 aromatic rings. The summed E-state index contributed by atoms with van der Waals surface area (Å²) in [6.45, 7) is 3.12. The van der Waals surface area contributed by atoms with Gasteiger partial charge in [-0.3, -0.25) is 29.6 Å². The number of hydrogen-bond acceptors (Lipinski definition) is 6. The predicted octanol–water partition coefficient (Wildman–Crippen LogP) is -0.912. The van der Waals surface area contributed by atoms with E-state index < -0.39 is 54.2 Å². The first kappa shape index (κ1) is 17.3. The second-order valence-electron chi connectivity index (χ2n) is 4.82. The van der Waals surface area contributed by atoms with Crippen LogP contribution in [0.3, 0.4) is 0 Å². The normalized spacial score (nSPS) is 20.4. The zero-order chi connectivity index (χ0) is 17.0. The summed E-state index contributed by atoms with van der Waals surface area (Å²) in [6, 6.07) is -3.00. The van der Waals surface area contributed by atoms with Crippen LogP contribution in [0.5, 0.6) is 0 Å². The Balaban J connectivity index is 2.98. The van der Waals surface area contributed by atoms with Crippen molar-refractivity contribution in [1.82, 2.24) is 10.2 Å². The minimum absolute atomic E-state index is 0.509. The molecular formula is C12H15N3O7. The van der Waals surface area contributed by atoms with Crippen molar-refractivity contribution in [2.75, 3.05) is 0 Å². The van der Waals surface area contributed by atoms with Gasteiger partial charge in [-0.25, -0.2) is 9.59 Å². The average molecular weight is 313 g/mol. The molecule has 0 aromatic carbocycles. The Bertz CT molecular complexity index is 555. The molecule has 1 aliphatic rings. The molecule has 1 rings (SSSR count). The minimum atomic E-state index is -1.62. The minimum Gasteiger partial charge on any atom is -0.481 e. The second-order valence-corrected chi connectivity index (χ2v) is 4.82. The van der Waals surface area contributed by atoms with Gasteiger partial charge in [0.25, 0.3) is 0 Å². The highest BCUT2D eigenvalue weighted by molar-refractivity contribution is 6.23. The second kappa shape index (κ2) is 6.78. The van der Waals surface area contributed by atoms with E-state index in [4.69, 9.17) is 10.2 Å². The van der Waals surface area contributed by atoms with Crippen LogP contribution in [0.25, 0.3) is 0 Å². The van der Waals surface area contributed by atoms with Gasteiger partial charge in [0.1, 0.15) is 0 Å². The predicted molar refractivity (Wildman–Crippen MR) is 71.2 cm³/mol. The molecule has 10 nitrogen and oxygen atoms in total. The summed E-state index contributed by atoms with van der Waals surface area (Å²) in [7, 11) is 0. The summed E-state index contributed by atoms with van der Waals surface area (Å²) in [5.41, 5.74) is 0. The Labute approximate surface area is 124 Å². The fraction of sp³-hybridized carbons (Fsp3) is 0.500. The highest BCUT2D eigenvalue weighted by Gasteiger charge is 2.40. The van der Waals surface area contributed by atoms with E-state index in [2.05, 4.69) is 4.99 Å². The molecule has 0 aromatic heterocycles. The summed E-state index contributed by atoms with van der Waals surface area (Å²) >= 11 is 0. The van der Waals surface area contributed by atoms with Gasteiger partial charge in [-0.05, 0) is 13.8 Å². The van der Waals surface area contributed by atoms with Crippen molar-refractivity contribution in [1.29, 1.82) is 0 Å². The SMILES string of the molecule is CC(C)N1C(=O)NC(=O)[C@H](C=N[C@@H](CC(=O)O)C(=O)O)C1=O. The third-order valence-electron chi connectivity index (χ3n) is 2.82. The zero-order valence-corrected chi connectivity index (χ0v) is 11.8. The van der Waals surface area contributed by atoms with E-state index in [1.54, 1.807) is 13.8 Å². The number of amides is 4. The van der Waals surface area contributed by atoms with E-state index in [1.807, 2.05) is 5.32 Å². The fourth-order valence-corrected chi connectivity index (χ4v) is 1.79. The van der Waals surface area contributed by atoms with Gasteiger partial charge in [-0.15, -0.1) is 0 Å². The van der Waals surface area contributed by atoms with Gasteiger partial charge in [0.05, 0.1) is 6.42 Å². The number of rotatable bonds is 6. The van der Waals surface area contributed by atoms with Gasteiger partial charge < -0.3 is 10.2 Å². The monoisotopic (exact) mass is 313 g/mol. The third-order valence-corrected chi connectivity index (χ3v) is 2.82. The van der Waals surface area contributed by atoms with Crippen molar-refractivity contribution in [3.63, 3.8) is 0 Å². The summed E-state index contributed by atoms with van der Waals surface area (Å²) in [6.07, 6.45) is -0.0254. The van der Waals surface area contributed by atoms with Gasteiger partial charge in [0.2, 0.25) is 11.8 Å². The quantitative estimate of drug-likeness (QED) is 0.423.